The smallest absolute Gasteiger partial charge is 0.361 e. The fourth-order valence-corrected chi connectivity index (χ4v) is 3.17. The maximum Gasteiger partial charge on any atom is 0.361 e. The lowest BCUT2D eigenvalue weighted by atomic mass is 10.2. The summed E-state index contributed by atoms with van der Waals surface area (Å²) in [7, 11) is 0. The summed E-state index contributed by atoms with van der Waals surface area (Å²) in [6, 6.07) is 5.73. The molecule has 0 aliphatic rings. The summed E-state index contributed by atoms with van der Waals surface area (Å²) in [5, 5.41) is 9.09. The number of hydrogen-bond donors (Lipinski definition) is 0. The normalized spacial score (nSPS) is 10.9. The molecule has 0 atom stereocenters. The van der Waals surface area contributed by atoms with E-state index in [1.54, 1.807) is 50.3 Å². The third-order valence-corrected chi connectivity index (χ3v) is 4.41. The highest BCUT2D eigenvalue weighted by Gasteiger charge is 2.26. The van der Waals surface area contributed by atoms with Crippen molar-refractivity contribution in [3.63, 3.8) is 0 Å². The van der Waals surface area contributed by atoms with Gasteiger partial charge in [0.1, 0.15) is 16.5 Å². The van der Waals surface area contributed by atoms with Crippen LogP contribution in [0.3, 0.4) is 0 Å². The van der Waals surface area contributed by atoms with Gasteiger partial charge in [-0.25, -0.2) is 19.7 Å². The van der Waals surface area contributed by atoms with Crippen LogP contribution in [0.25, 0.3) is 0 Å². The molecule has 28 heavy (non-hydrogen) atoms. The first-order chi connectivity index (χ1) is 13.4. The first kappa shape index (κ1) is 19.4. The van der Waals surface area contributed by atoms with Crippen molar-refractivity contribution in [2.75, 3.05) is 4.90 Å². The van der Waals surface area contributed by atoms with Crippen molar-refractivity contribution >= 4 is 28.9 Å². The van der Waals surface area contributed by atoms with Gasteiger partial charge in [0.25, 0.3) is 0 Å². The molecule has 0 amide bonds. The second-order valence-electron chi connectivity index (χ2n) is 6.76. The Balaban J connectivity index is 2.04. The molecular formula is C19H18N6O2S. The van der Waals surface area contributed by atoms with E-state index in [9.17, 15) is 4.79 Å². The quantitative estimate of drug-likeness (QED) is 0.606. The fourth-order valence-electron chi connectivity index (χ4n) is 2.37. The third kappa shape index (κ3) is 4.66. The highest BCUT2D eigenvalue weighted by atomic mass is 32.1. The molecule has 0 aromatic carbocycles. The number of anilines is 2. The molecular weight excluding hydrogens is 376 g/mol. The molecule has 9 heteroatoms. The van der Waals surface area contributed by atoms with Gasteiger partial charge in [-0.05, 0) is 32.9 Å². The molecule has 142 valence electrons. The van der Waals surface area contributed by atoms with Gasteiger partial charge in [0, 0.05) is 29.7 Å². The number of aromatic nitrogens is 4. The molecule has 0 aliphatic heterocycles. The zero-order valence-corrected chi connectivity index (χ0v) is 16.5. The van der Waals surface area contributed by atoms with Gasteiger partial charge in [-0.2, -0.15) is 5.26 Å². The van der Waals surface area contributed by atoms with E-state index < -0.39 is 11.6 Å². The van der Waals surface area contributed by atoms with Crippen LogP contribution < -0.4 is 4.90 Å². The van der Waals surface area contributed by atoms with Crippen molar-refractivity contribution in [2.45, 2.75) is 32.9 Å². The lowest BCUT2D eigenvalue weighted by Crippen LogP contribution is -2.27. The summed E-state index contributed by atoms with van der Waals surface area (Å²) >= 11 is 1.36. The van der Waals surface area contributed by atoms with Gasteiger partial charge in [0.05, 0.1) is 12.7 Å². The van der Waals surface area contributed by atoms with Crippen LogP contribution in [0.15, 0.2) is 43.1 Å². The molecule has 0 saturated heterocycles. The minimum absolute atomic E-state index is 0.0835. The van der Waals surface area contributed by atoms with Crippen LogP contribution in [0.2, 0.25) is 0 Å². The van der Waals surface area contributed by atoms with Crippen LogP contribution in [0.1, 0.15) is 41.0 Å². The second kappa shape index (κ2) is 8.10. The average Bonchev–Trinajstić information content (AvgIpc) is 3.13. The summed E-state index contributed by atoms with van der Waals surface area (Å²) in [5.41, 5.74) is -0.584. The average molecular weight is 394 g/mol. The van der Waals surface area contributed by atoms with Crippen LogP contribution in [0.4, 0.5) is 11.6 Å². The molecule has 0 spiro atoms. The maximum atomic E-state index is 12.7. The number of ether oxygens (including phenoxy) is 1. The molecule has 3 heterocycles. The number of nitrogens with zero attached hydrogens (tertiary/aromatic N) is 6. The van der Waals surface area contributed by atoms with E-state index in [-0.39, 0.29) is 5.69 Å². The van der Waals surface area contributed by atoms with E-state index in [4.69, 9.17) is 10.00 Å². The monoisotopic (exact) mass is 394 g/mol. The largest absolute Gasteiger partial charge is 0.455 e. The van der Waals surface area contributed by atoms with E-state index >= 15 is 0 Å². The van der Waals surface area contributed by atoms with Crippen LogP contribution in [-0.2, 0) is 11.3 Å². The van der Waals surface area contributed by atoms with Crippen LogP contribution in [0, 0.1) is 11.3 Å². The highest BCUT2D eigenvalue weighted by Crippen LogP contribution is 2.29. The number of nitriles is 1. The van der Waals surface area contributed by atoms with Crippen molar-refractivity contribution in [1.29, 1.82) is 5.26 Å². The molecule has 8 nitrogen and oxygen atoms in total. The van der Waals surface area contributed by atoms with Crippen molar-refractivity contribution < 1.29 is 9.53 Å². The predicted octanol–water partition coefficient (Wildman–Crippen LogP) is 3.49. The minimum atomic E-state index is -0.668. The predicted molar refractivity (Wildman–Crippen MR) is 104 cm³/mol. The van der Waals surface area contributed by atoms with E-state index in [2.05, 4.69) is 26.0 Å². The number of carbonyl (C=O) groups is 1. The molecule has 3 aromatic heterocycles. The van der Waals surface area contributed by atoms with E-state index in [1.807, 2.05) is 6.07 Å². The lowest BCUT2D eigenvalue weighted by Gasteiger charge is -2.24. The maximum absolute atomic E-state index is 12.7. The molecule has 3 rings (SSSR count). The van der Waals surface area contributed by atoms with Gasteiger partial charge in [-0.15, -0.1) is 11.3 Å². The molecule has 0 saturated carbocycles. The highest BCUT2D eigenvalue weighted by molar-refractivity contribution is 7.12. The summed E-state index contributed by atoms with van der Waals surface area (Å²) < 4.78 is 5.48. The summed E-state index contributed by atoms with van der Waals surface area (Å²) in [6.45, 7) is 5.71. The van der Waals surface area contributed by atoms with Gasteiger partial charge in [0.2, 0.25) is 0 Å². The molecule has 0 radical (unpaired) electrons. The first-order valence-electron chi connectivity index (χ1n) is 8.44. The third-order valence-electron chi connectivity index (χ3n) is 3.44. The van der Waals surface area contributed by atoms with E-state index in [1.165, 1.54) is 23.7 Å². The Kier molecular flexibility index (Phi) is 5.61. The second-order valence-corrected chi connectivity index (χ2v) is 7.93. The topological polar surface area (TPSA) is 105 Å². The summed E-state index contributed by atoms with van der Waals surface area (Å²) in [5.74, 6) is 0.234. The summed E-state index contributed by atoms with van der Waals surface area (Å²) in [4.78, 5) is 32.9. The Morgan fingerprint density at radius 2 is 1.93 bits per heavy atom. The molecule has 0 fully saturated rings. The molecule has 0 N–H and O–H groups in total. The van der Waals surface area contributed by atoms with Crippen molar-refractivity contribution in [3.05, 3.63) is 58.6 Å². The number of thiophene rings is 1. The van der Waals surface area contributed by atoms with Crippen molar-refractivity contribution in [1.82, 2.24) is 19.9 Å². The first-order valence-corrected chi connectivity index (χ1v) is 9.26. The number of esters is 1. The Hall–Kier alpha value is -3.38. The SMILES string of the molecule is CC(C)(C)OC(=O)c1nccnc1N(Cc1ccc(C#N)s1)c1cnccn1. The number of carbonyl (C=O) groups excluding carboxylic acids is 1. The van der Waals surface area contributed by atoms with Crippen LogP contribution >= 0.6 is 11.3 Å². The van der Waals surface area contributed by atoms with Crippen molar-refractivity contribution in [2.24, 2.45) is 0 Å². The van der Waals surface area contributed by atoms with Gasteiger partial charge in [-0.1, -0.05) is 0 Å². The lowest BCUT2D eigenvalue weighted by molar-refractivity contribution is 0.00633. The van der Waals surface area contributed by atoms with Crippen LogP contribution in [0.5, 0.6) is 0 Å². The number of rotatable bonds is 5. The van der Waals surface area contributed by atoms with Gasteiger partial charge in [0.15, 0.2) is 17.3 Å². The zero-order valence-electron chi connectivity index (χ0n) is 15.7. The number of hydrogen-bond acceptors (Lipinski definition) is 9. The molecule has 0 unspecified atom stereocenters. The van der Waals surface area contributed by atoms with Crippen LogP contribution in [-0.4, -0.2) is 31.5 Å². The van der Waals surface area contributed by atoms with Gasteiger partial charge < -0.3 is 9.64 Å². The molecule has 0 aliphatic carbocycles. The van der Waals surface area contributed by atoms with E-state index in [0.717, 1.165) is 4.88 Å². The Bertz CT molecular complexity index is 1010. The van der Waals surface area contributed by atoms with Crippen molar-refractivity contribution in [3.8, 4) is 6.07 Å². The van der Waals surface area contributed by atoms with Gasteiger partial charge in [-0.3, -0.25) is 4.98 Å². The Labute approximate surface area is 166 Å². The van der Waals surface area contributed by atoms with E-state index in [0.29, 0.717) is 23.1 Å². The fraction of sp³-hybridized carbons (Fsp3) is 0.263. The van der Waals surface area contributed by atoms with Gasteiger partial charge >= 0.3 is 5.97 Å². The molecule has 0 bridgehead atoms. The Morgan fingerprint density at radius 1 is 1.18 bits per heavy atom. The Morgan fingerprint density at radius 3 is 2.57 bits per heavy atom. The summed E-state index contributed by atoms with van der Waals surface area (Å²) in [6.07, 6.45) is 7.64. The minimum Gasteiger partial charge on any atom is -0.455 e. The molecule has 3 aromatic rings. The standard InChI is InChI=1S/C19H18N6O2S/c1-19(2,3)27-18(26)16-17(24-9-8-23-16)25(15-11-21-6-7-22-15)12-14-5-4-13(10-20)28-14/h4-9,11H,12H2,1-3H3. The zero-order chi connectivity index (χ0) is 20.1.